The van der Waals surface area contributed by atoms with Gasteiger partial charge in [0.15, 0.2) is 0 Å². The van der Waals surface area contributed by atoms with E-state index in [-0.39, 0.29) is 0 Å². The minimum Gasteiger partial charge on any atom is -0.497 e. The van der Waals surface area contributed by atoms with Crippen LogP contribution in [0.3, 0.4) is 0 Å². The van der Waals surface area contributed by atoms with Crippen molar-refractivity contribution in [3.63, 3.8) is 0 Å². The first-order valence-electron chi connectivity index (χ1n) is 6.77. The fourth-order valence-electron chi connectivity index (χ4n) is 2.28. The molecule has 0 amide bonds. The molecule has 3 aromatic rings. The Labute approximate surface area is 128 Å². The third-order valence-corrected chi connectivity index (χ3v) is 4.02. The predicted octanol–water partition coefficient (Wildman–Crippen LogP) is 3.33. The van der Waals surface area contributed by atoms with E-state index < -0.39 is 0 Å². The van der Waals surface area contributed by atoms with Crippen LogP contribution in [0.4, 0.5) is 0 Å². The lowest BCUT2D eigenvalue weighted by Gasteiger charge is -2.07. The molecule has 0 N–H and O–H groups in total. The molecule has 21 heavy (non-hydrogen) atoms. The minimum absolute atomic E-state index is 0.813. The van der Waals surface area contributed by atoms with E-state index in [4.69, 9.17) is 4.74 Å². The first-order chi connectivity index (χ1) is 10.3. The summed E-state index contributed by atoms with van der Waals surface area (Å²) in [7, 11) is 1.66. The standard InChI is InChI=1S/C16H17N3OS/c1-20-13-3-4-14-15(9-13)17-7-5-16(14)19-11-12(10-18-19)6-8-21-2/h3-5,7,9-11H,6,8H2,1-2H3. The molecule has 0 aliphatic carbocycles. The summed E-state index contributed by atoms with van der Waals surface area (Å²) in [6.45, 7) is 0. The number of benzene rings is 1. The fourth-order valence-corrected chi connectivity index (χ4v) is 2.72. The summed E-state index contributed by atoms with van der Waals surface area (Å²) in [5.41, 5.74) is 3.20. The topological polar surface area (TPSA) is 39.9 Å². The van der Waals surface area contributed by atoms with Gasteiger partial charge in [0.1, 0.15) is 5.75 Å². The Balaban J connectivity index is 2.01. The van der Waals surface area contributed by atoms with E-state index in [1.807, 2.05) is 46.9 Å². The molecule has 2 heterocycles. The van der Waals surface area contributed by atoms with Crippen LogP contribution in [-0.4, -0.2) is 33.9 Å². The average molecular weight is 299 g/mol. The number of aryl methyl sites for hydroxylation is 1. The van der Waals surface area contributed by atoms with E-state index in [1.54, 1.807) is 13.3 Å². The number of nitrogens with zero attached hydrogens (tertiary/aromatic N) is 3. The van der Waals surface area contributed by atoms with Crippen LogP contribution >= 0.6 is 11.8 Å². The summed E-state index contributed by atoms with van der Waals surface area (Å²) in [5, 5.41) is 5.55. The van der Waals surface area contributed by atoms with E-state index >= 15 is 0 Å². The van der Waals surface area contributed by atoms with Crippen molar-refractivity contribution < 1.29 is 4.74 Å². The van der Waals surface area contributed by atoms with Gasteiger partial charge in [-0.15, -0.1) is 0 Å². The number of hydrogen-bond acceptors (Lipinski definition) is 4. The molecule has 0 saturated carbocycles. The summed E-state index contributed by atoms with van der Waals surface area (Å²) in [4.78, 5) is 4.41. The number of aromatic nitrogens is 3. The van der Waals surface area contributed by atoms with Gasteiger partial charge in [0.2, 0.25) is 0 Å². The van der Waals surface area contributed by atoms with E-state index in [1.165, 1.54) is 5.56 Å². The number of rotatable bonds is 5. The molecule has 3 rings (SSSR count). The van der Waals surface area contributed by atoms with Gasteiger partial charge in [-0.2, -0.15) is 16.9 Å². The maximum atomic E-state index is 5.25. The average Bonchev–Trinajstić information content (AvgIpc) is 3.00. The Hall–Kier alpha value is -2.01. The molecule has 2 aromatic heterocycles. The fraction of sp³-hybridized carbons (Fsp3) is 0.250. The van der Waals surface area contributed by atoms with Gasteiger partial charge in [0.05, 0.1) is 24.5 Å². The number of thioether (sulfide) groups is 1. The Morgan fingerprint density at radius 1 is 1.29 bits per heavy atom. The zero-order valence-electron chi connectivity index (χ0n) is 12.1. The molecule has 0 aliphatic rings. The minimum atomic E-state index is 0.813. The smallest absolute Gasteiger partial charge is 0.121 e. The van der Waals surface area contributed by atoms with Gasteiger partial charge in [-0.25, -0.2) is 4.68 Å². The highest BCUT2D eigenvalue weighted by Crippen LogP contribution is 2.24. The quantitative estimate of drug-likeness (QED) is 0.724. The third-order valence-electron chi connectivity index (χ3n) is 3.40. The molecule has 0 aliphatic heterocycles. The highest BCUT2D eigenvalue weighted by atomic mass is 32.2. The van der Waals surface area contributed by atoms with Gasteiger partial charge in [0.25, 0.3) is 0 Å². The van der Waals surface area contributed by atoms with Crippen molar-refractivity contribution in [2.45, 2.75) is 6.42 Å². The van der Waals surface area contributed by atoms with Gasteiger partial charge in [-0.3, -0.25) is 4.98 Å². The number of fused-ring (bicyclic) bond motifs is 1. The molecule has 0 unspecified atom stereocenters. The molecular weight excluding hydrogens is 282 g/mol. The Morgan fingerprint density at radius 2 is 2.19 bits per heavy atom. The molecule has 0 bridgehead atoms. The highest BCUT2D eigenvalue weighted by Gasteiger charge is 2.07. The lowest BCUT2D eigenvalue weighted by Crippen LogP contribution is -1.97. The second-order valence-corrected chi connectivity index (χ2v) is 5.73. The SMILES string of the molecule is COc1ccc2c(-n3cc(CCSC)cn3)ccnc2c1. The van der Waals surface area contributed by atoms with Crippen LogP contribution in [0.2, 0.25) is 0 Å². The number of pyridine rings is 1. The normalized spacial score (nSPS) is 11.0. The second-order valence-electron chi connectivity index (χ2n) is 4.75. The predicted molar refractivity (Wildman–Crippen MR) is 87.5 cm³/mol. The van der Waals surface area contributed by atoms with Gasteiger partial charge >= 0.3 is 0 Å². The summed E-state index contributed by atoms with van der Waals surface area (Å²) < 4.78 is 7.17. The van der Waals surface area contributed by atoms with E-state index in [2.05, 4.69) is 22.5 Å². The first-order valence-corrected chi connectivity index (χ1v) is 8.17. The van der Waals surface area contributed by atoms with Crippen molar-refractivity contribution in [3.8, 4) is 11.4 Å². The highest BCUT2D eigenvalue weighted by molar-refractivity contribution is 7.98. The summed E-state index contributed by atoms with van der Waals surface area (Å²) >= 11 is 1.85. The molecule has 0 saturated heterocycles. The molecule has 4 nitrogen and oxygen atoms in total. The molecule has 0 spiro atoms. The molecule has 108 valence electrons. The zero-order chi connectivity index (χ0) is 14.7. The second kappa shape index (κ2) is 6.18. The zero-order valence-corrected chi connectivity index (χ0v) is 12.9. The van der Waals surface area contributed by atoms with Crippen molar-refractivity contribution in [2.24, 2.45) is 0 Å². The van der Waals surface area contributed by atoms with E-state index in [0.717, 1.165) is 34.5 Å². The largest absolute Gasteiger partial charge is 0.497 e. The molecule has 0 fully saturated rings. The Morgan fingerprint density at radius 3 is 3.00 bits per heavy atom. The van der Waals surface area contributed by atoms with Crippen molar-refractivity contribution in [3.05, 3.63) is 48.4 Å². The monoisotopic (exact) mass is 299 g/mol. The molecule has 0 radical (unpaired) electrons. The first kappa shape index (κ1) is 13.9. The van der Waals surface area contributed by atoms with Crippen LogP contribution in [0.15, 0.2) is 42.9 Å². The number of ether oxygens (including phenoxy) is 1. The van der Waals surface area contributed by atoms with E-state index in [9.17, 15) is 0 Å². The van der Waals surface area contributed by atoms with Crippen molar-refractivity contribution in [1.29, 1.82) is 0 Å². The number of methoxy groups -OCH3 is 1. The Kier molecular flexibility index (Phi) is 4.10. The van der Waals surface area contributed by atoms with Crippen molar-refractivity contribution in [1.82, 2.24) is 14.8 Å². The van der Waals surface area contributed by atoms with Gasteiger partial charge < -0.3 is 4.74 Å². The molecule has 1 aromatic carbocycles. The number of hydrogen-bond donors (Lipinski definition) is 0. The van der Waals surface area contributed by atoms with E-state index in [0.29, 0.717) is 0 Å². The van der Waals surface area contributed by atoms with Crippen LogP contribution in [0.5, 0.6) is 5.75 Å². The van der Waals surface area contributed by atoms with Crippen LogP contribution in [-0.2, 0) is 6.42 Å². The van der Waals surface area contributed by atoms with Crippen LogP contribution < -0.4 is 4.74 Å². The van der Waals surface area contributed by atoms with Gasteiger partial charge in [0, 0.05) is 23.8 Å². The third kappa shape index (κ3) is 2.88. The Bertz CT molecular complexity index is 754. The lowest BCUT2D eigenvalue weighted by atomic mass is 10.2. The maximum absolute atomic E-state index is 5.25. The van der Waals surface area contributed by atoms with Crippen LogP contribution in [0.25, 0.3) is 16.6 Å². The summed E-state index contributed by atoms with van der Waals surface area (Å²) in [6.07, 6.45) is 8.99. The van der Waals surface area contributed by atoms with Crippen molar-refractivity contribution >= 4 is 22.7 Å². The summed E-state index contributed by atoms with van der Waals surface area (Å²) in [5.74, 6) is 1.92. The molecular formula is C16H17N3OS. The molecule has 5 heteroatoms. The summed E-state index contributed by atoms with van der Waals surface area (Å²) in [6, 6.07) is 7.91. The molecule has 0 atom stereocenters. The lowest BCUT2D eigenvalue weighted by molar-refractivity contribution is 0.415. The van der Waals surface area contributed by atoms with Gasteiger partial charge in [-0.1, -0.05) is 0 Å². The van der Waals surface area contributed by atoms with Crippen molar-refractivity contribution in [2.75, 3.05) is 19.1 Å². The van der Waals surface area contributed by atoms with Gasteiger partial charge in [-0.05, 0) is 42.2 Å². The maximum Gasteiger partial charge on any atom is 0.121 e. The van der Waals surface area contributed by atoms with Crippen LogP contribution in [0.1, 0.15) is 5.56 Å². The van der Waals surface area contributed by atoms with Crippen LogP contribution in [0, 0.1) is 0 Å².